The van der Waals surface area contributed by atoms with Gasteiger partial charge in [0.1, 0.15) is 22.9 Å². The zero-order valence-electron chi connectivity index (χ0n) is 17.0. The van der Waals surface area contributed by atoms with E-state index in [0.717, 1.165) is 16.7 Å². The Morgan fingerprint density at radius 2 is 2.00 bits per heavy atom. The van der Waals surface area contributed by atoms with Crippen molar-refractivity contribution in [2.45, 2.75) is 11.6 Å². The molecule has 2 heterocycles. The molecule has 0 unspecified atom stereocenters. The van der Waals surface area contributed by atoms with Crippen LogP contribution in [0.5, 0.6) is 5.75 Å². The van der Waals surface area contributed by atoms with Crippen LogP contribution in [0, 0.1) is 5.82 Å². The standard InChI is InChI=1S/C22H20FN5O2S/c1-27(12-15-4-3-5-18(10-15)30-2)20(29)13-31-22-19-11-26-28(21(19)24-14-25-22)17-8-6-16(23)7-9-17/h3-11,14H,12-13H2,1-2H3. The van der Waals surface area contributed by atoms with Gasteiger partial charge in [-0.15, -0.1) is 0 Å². The second kappa shape index (κ2) is 9.13. The van der Waals surface area contributed by atoms with Crippen molar-refractivity contribution in [3.05, 3.63) is 72.4 Å². The van der Waals surface area contributed by atoms with Crippen molar-refractivity contribution in [1.82, 2.24) is 24.6 Å². The van der Waals surface area contributed by atoms with E-state index in [2.05, 4.69) is 15.1 Å². The van der Waals surface area contributed by atoms with Crippen LogP contribution in [0.25, 0.3) is 16.7 Å². The molecule has 31 heavy (non-hydrogen) atoms. The van der Waals surface area contributed by atoms with Crippen LogP contribution in [0.2, 0.25) is 0 Å². The lowest BCUT2D eigenvalue weighted by Crippen LogP contribution is -2.27. The highest BCUT2D eigenvalue weighted by Gasteiger charge is 2.15. The van der Waals surface area contributed by atoms with Crippen LogP contribution in [-0.4, -0.2) is 50.5 Å². The maximum absolute atomic E-state index is 13.2. The number of carbonyl (C=O) groups is 1. The van der Waals surface area contributed by atoms with Gasteiger partial charge in [0, 0.05) is 13.6 Å². The number of ether oxygens (including phenoxy) is 1. The van der Waals surface area contributed by atoms with Crippen LogP contribution in [0.1, 0.15) is 5.56 Å². The SMILES string of the molecule is COc1cccc(CN(C)C(=O)CSc2ncnc3c2cnn3-c2ccc(F)cc2)c1. The van der Waals surface area contributed by atoms with Gasteiger partial charge in [0.05, 0.1) is 30.1 Å². The largest absolute Gasteiger partial charge is 0.497 e. The molecule has 0 atom stereocenters. The molecule has 7 nitrogen and oxygen atoms in total. The zero-order valence-corrected chi connectivity index (χ0v) is 17.8. The normalized spacial score (nSPS) is 10.9. The van der Waals surface area contributed by atoms with Gasteiger partial charge < -0.3 is 9.64 Å². The Kier molecular flexibility index (Phi) is 6.13. The molecular formula is C22H20FN5O2S. The Bertz CT molecular complexity index is 1210. The van der Waals surface area contributed by atoms with Crippen molar-refractivity contribution in [2.24, 2.45) is 0 Å². The fourth-order valence-corrected chi connectivity index (χ4v) is 3.98. The Labute approximate surface area is 182 Å². The van der Waals surface area contributed by atoms with Crippen molar-refractivity contribution in [3.63, 3.8) is 0 Å². The van der Waals surface area contributed by atoms with E-state index in [4.69, 9.17) is 4.74 Å². The Morgan fingerprint density at radius 1 is 1.19 bits per heavy atom. The molecule has 158 valence electrons. The maximum atomic E-state index is 13.2. The molecule has 4 aromatic rings. The molecule has 0 spiro atoms. The van der Waals surface area contributed by atoms with Gasteiger partial charge in [-0.25, -0.2) is 19.0 Å². The number of aromatic nitrogens is 4. The summed E-state index contributed by atoms with van der Waals surface area (Å²) in [5.74, 6) is 0.649. The average molecular weight is 438 g/mol. The van der Waals surface area contributed by atoms with Crippen molar-refractivity contribution >= 4 is 28.7 Å². The highest BCUT2D eigenvalue weighted by atomic mass is 32.2. The number of thioether (sulfide) groups is 1. The Balaban J connectivity index is 1.46. The summed E-state index contributed by atoms with van der Waals surface area (Å²) in [7, 11) is 3.38. The van der Waals surface area contributed by atoms with Crippen molar-refractivity contribution in [3.8, 4) is 11.4 Å². The van der Waals surface area contributed by atoms with Crippen LogP contribution in [0.4, 0.5) is 4.39 Å². The monoisotopic (exact) mass is 437 g/mol. The second-order valence-electron chi connectivity index (χ2n) is 6.84. The number of hydrogen-bond acceptors (Lipinski definition) is 6. The Hall–Kier alpha value is -3.46. The highest BCUT2D eigenvalue weighted by Crippen LogP contribution is 2.26. The molecule has 0 aliphatic carbocycles. The summed E-state index contributed by atoms with van der Waals surface area (Å²) in [6.45, 7) is 0.484. The first-order valence-electron chi connectivity index (χ1n) is 9.49. The molecule has 1 amide bonds. The summed E-state index contributed by atoms with van der Waals surface area (Å²) in [6.07, 6.45) is 3.10. The molecule has 0 N–H and O–H groups in total. The Morgan fingerprint density at radius 3 is 2.77 bits per heavy atom. The van der Waals surface area contributed by atoms with Crippen LogP contribution in [-0.2, 0) is 11.3 Å². The minimum absolute atomic E-state index is 0.0227. The summed E-state index contributed by atoms with van der Waals surface area (Å²) in [5.41, 5.74) is 2.28. The molecule has 2 aromatic heterocycles. The topological polar surface area (TPSA) is 73.1 Å². The van der Waals surface area contributed by atoms with E-state index < -0.39 is 0 Å². The molecule has 0 saturated carbocycles. The lowest BCUT2D eigenvalue weighted by Gasteiger charge is -2.17. The van der Waals surface area contributed by atoms with Crippen LogP contribution < -0.4 is 4.74 Å². The van der Waals surface area contributed by atoms with Gasteiger partial charge in [0.15, 0.2) is 5.65 Å². The smallest absolute Gasteiger partial charge is 0.233 e. The number of methoxy groups -OCH3 is 1. The van der Waals surface area contributed by atoms with Gasteiger partial charge in [-0.1, -0.05) is 23.9 Å². The van der Waals surface area contributed by atoms with Gasteiger partial charge in [0.2, 0.25) is 5.91 Å². The number of benzene rings is 2. The summed E-state index contributed by atoms with van der Waals surface area (Å²) < 4.78 is 20.1. The minimum Gasteiger partial charge on any atom is -0.497 e. The van der Waals surface area contributed by atoms with Gasteiger partial charge in [-0.2, -0.15) is 5.10 Å². The number of hydrogen-bond donors (Lipinski definition) is 0. The number of fused-ring (bicyclic) bond motifs is 1. The van der Waals surface area contributed by atoms with Crippen molar-refractivity contribution in [1.29, 1.82) is 0 Å². The third-order valence-electron chi connectivity index (χ3n) is 4.71. The lowest BCUT2D eigenvalue weighted by molar-refractivity contribution is -0.127. The van der Waals surface area contributed by atoms with E-state index in [9.17, 15) is 9.18 Å². The quantitative estimate of drug-likeness (QED) is 0.324. The third-order valence-corrected chi connectivity index (χ3v) is 5.70. The maximum Gasteiger partial charge on any atom is 0.233 e. The lowest BCUT2D eigenvalue weighted by atomic mass is 10.2. The number of halogens is 1. The molecule has 0 saturated heterocycles. The van der Waals surface area contributed by atoms with E-state index in [1.54, 1.807) is 42.1 Å². The summed E-state index contributed by atoms with van der Waals surface area (Å²) in [5, 5.41) is 5.77. The molecular weight excluding hydrogens is 417 g/mol. The van der Waals surface area contributed by atoms with Crippen LogP contribution in [0.3, 0.4) is 0 Å². The van der Waals surface area contributed by atoms with Gasteiger partial charge in [0.25, 0.3) is 0 Å². The molecule has 0 fully saturated rings. The molecule has 0 aliphatic rings. The van der Waals surface area contributed by atoms with Gasteiger partial charge in [-0.3, -0.25) is 4.79 Å². The molecule has 2 aromatic carbocycles. The molecule has 0 bridgehead atoms. The summed E-state index contributed by atoms with van der Waals surface area (Å²) in [6, 6.07) is 13.6. The predicted octanol–water partition coefficient (Wildman–Crippen LogP) is 3.71. The molecule has 0 radical (unpaired) electrons. The van der Waals surface area contributed by atoms with E-state index in [0.29, 0.717) is 22.9 Å². The van der Waals surface area contributed by atoms with Crippen LogP contribution >= 0.6 is 11.8 Å². The van der Waals surface area contributed by atoms with E-state index in [1.807, 2.05) is 24.3 Å². The first kappa shape index (κ1) is 20.8. The summed E-state index contributed by atoms with van der Waals surface area (Å²) in [4.78, 5) is 22.9. The minimum atomic E-state index is -0.317. The molecule has 4 rings (SSSR count). The molecule has 9 heteroatoms. The van der Waals surface area contributed by atoms with Crippen molar-refractivity contribution < 1.29 is 13.9 Å². The van der Waals surface area contributed by atoms with Gasteiger partial charge >= 0.3 is 0 Å². The fraction of sp³-hybridized carbons (Fsp3) is 0.182. The predicted molar refractivity (Wildman–Crippen MR) is 117 cm³/mol. The fourth-order valence-electron chi connectivity index (χ4n) is 3.08. The number of carbonyl (C=O) groups excluding carboxylic acids is 1. The summed E-state index contributed by atoms with van der Waals surface area (Å²) >= 11 is 1.34. The molecule has 0 aliphatic heterocycles. The van der Waals surface area contributed by atoms with Gasteiger partial charge in [-0.05, 0) is 42.0 Å². The first-order valence-corrected chi connectivity index (χ1v) is 10.5. The van der Waals surface area contributed by atoms with E-state index in [1.165, 1.54) is 30.2 Å². The van der Waals surface area contributed by atoms with E-state index in [-0.39, 0.29) is 17.5 Å². The zero-order chi connectivity index (χ0) is 21.8. The second-order valence-corrected chi connectivity index (χ2v) is 7.80. The first-order chi connectivity index (χ1) is 15.0. The van der Waals surface area contributed by atoms with Crippen LogP contribution in [0.15, 0.2) is 66.1 Å². The average Bonchev–Trinajstić information content (AvgIpc) is 3.23. The number of rotatable bonds is 7. The van der Waals surface area contributed by atoms with Crippen molar-refractivity contribution in [2.75, 3.05) is 19.9 Å². The van der Waals surface area contributed by atoms with E-state index >= 15 is 0 Å². The number of amides is 1. The highest BCUT2D eigenvalue weighted by molar-refractivity contribution is 8.00. The third kappa shape index (κ3) is 4.66. The number of nitrogens with zero attached hydrogens (tertiary/aromatic N) is 5.